The molecule has 202 valence electrons. The number of alkyl halides is 3. The molecule has 0 radical (unpaired) electrons. The predicted molar refractivity (Wildman–Crippen MR) is 130 cm³/mol. The van der Waals surface area contributed by atoms with Crippen LogP contribution in [0.1, 0.15) is 26.1 Å². The molecule has 2 aliphatic rings. The Labute approximate surface area is 216 Å². The number of amides is 2. The Balaban J connectivity index is 1.76. The number of piperidine rings is 1. The summed E-state index contributed by atoms with van der Waals surface area (Å²) in [5.41, 5.74) is 0.437. The van der Waals surface area contributed by atoms with Gasteiger partial charge in [-0.15, -0.1) is 0 Å². The first-order valence-corrected chi connectivity index (χ1v) is 12.1. The van der Waals surface area contributed by atoms with Gasteiger partial charge < -0.3 is 15.5 Å². The summed E-state index contributed by atoms with van der Waals surface area (Å²) in [5.74, 6) is -6.31. The van der Waals surface area contributed by atoms with Crippen molar-refractivity contribution in [1.82, 2.24) is 20.2 Å². The van der Waals surface area contributed by atoms with Crippen LogP contribution in [0.25, 0.3) is 11.3 Å². The maximum Gasteiger partial charge on any atom is 0.393 e. The van der Waals surface area contributed by atoms with Gasteiger partial charge in [0.1, 0.15) is 11.9 Å². The molecule has 2 aromatic rings. The zero-order valence-electron chi connectivity index (χ0n) is 21.0. The Morgan fingerprint density at radius 3 is 2.55 bits per heavy atom. The Morgan fingerprint density at radius 2 is 1.92 bits per heavy atom. The summed E-state index contributed by atoms with van der Waals surface area (Å²) in [6.45, 7) is 4.49. The summed E-state index contributed by atoms with van der Waals surface area (Å²) in [5, 5.41) is 14.0. The van der Waals surface area contributed by atoms with Gasteiger partial charge in [-0.3, -0.25) is 14.5 Å². The van der Waals surface area contributed by atoms with Gasteiger partial charge in [-0.2, -0.15) is 18.4 Å². The minimum absolute atomic E-state index is 0.0532. The fourth-order valence-corrected chi connectivity index (χ4v) is 4.91. The summed E-state index contributed by atoms with van der Waals surface area (Å²) < 4.78 is 56.6. The van der Waals surface area contributed by atoms with Gasteiger partial charge in [0.2, 0.25) is 17.6 Å². The van der Waals surface area contributed by atoms with Crippen molar-refractivity contribution in [2.75, 3.05) is 36.9 Å². The monoisotopic (exact) mass is 533 g/mol. The van der Waals surface area contributed by atoms with Crippen molar-refractivity contribution in [2.45, 2.75) is 38.5 Å². The van der Waals surface area contributed by atoms with E-state index < -0.39 is 48.6 Å². The second-order valence-electron chi connectivity index (χ2n) is 9.75. The summed E-state index contributed by atoms with van der Waals surface area (Å²) in [7, 11) is 1.97. The van der Waals surface area contributed by atoms with Crippen LogP contribution < -0.4 is 15.5 Å². The van der Waals surface area contributed by atoms with E-state index in [4.69, 9.17) is 5.26 Å². The van der Waals surface area contributed by atoms with Crippen molar-refractivity contribution in [3.05, 3.63) is 36.0 Å². The number of hydrogen-bond donors (Lipinski definition) is 2. The van der Waals surface area contributed by atoms with E-state index in [0.29, 0.717) is 18.8 Å². The van der Waals surface area contributed by atoms with E-state index in [0.717, 1.165) is 0 Å². The van der Waals surface area contributed by atoms with Crippen LogP contribution in [0.2, 0.25) is 0 Å². The molecule has 4 atom stereocenters. The van der Waals surface area contributed by atoms with Gasteiger partial charge in [0, 0.05) is 49.9 Å². The number of anilines is 2. The number of carbonyl (C=O) groups is 2. The lowest BCUT2D eigenvalue weighted by atomic mass is 9.84. The van der Waals surface area contributed by atoms with E-state index in [9.17, 15) is 22.8 Å². The van der Waals surface area contributed by atoms with Crippen LogP contribution >= 0.6 is 0 Å². The molecule has 4 rings (SSSR count). The van der Waals surface area contributed by atoms with Crippen molar-refractivity contribution in [2.24, 2.45) is 11.8 Å². The molecule has 2 N–H and O–H groups in total. The lowest BCUT2D eigenvalue weighted by Crippen LogP contribution is -2.55. The molecule has 3 heterocycles. The van der Waals surface area contributed by atoms with Crippen LogP contribution in [0.5, 0.6) is 0 Å². The summed E-state index contributed by atoms with van der Waals surface area (Å²) in [6.07, 6.45) is -4.32. The van der Waals surface area contributed by atoms with Crippen LogP contribution in [0.3, 0.4) is 0 Å². The molecule has 38 heavy (non-hydrogen) atoms. The second kappa shape index (κ2) is 10.5. The van der Waals surface area contributed by atoms with Crippen molar-refractivity contribution >= 4 is 23.2 Å². The van der Waals surface area contributed by atoms with Crippen LogP contribution in [0.15, 0.2) is 24.4 Å². The van der Waals surface area contributed by atoms with E-state index >= 15 is 4.39 Å². The molecule has 2 unspecified atom stereocenters. The van der Waals surface area contributed by atoms with Crippen molar-refractivity contribution < 1.29 is 27.2 Å². The summed E-state index contributed by atoms with van der Waals surface area (Å²) in [6, 6.07) is 5.85. The number of hydrogen-bond acceptors (Lipinski definition) is 7. The summed E-state index contributed by atoms with van der Waals surface area (Å²) in [4.78, 5) is 36.7. The molecule has 2 saturated heterocycles. The smallest absolute Gasteiger partial charge is 0.367 e. The molecule has 13 heteroatoms. The topological polar surface area (TPSA) is 114 Å². The number of benzene rings is 1. The molecule has 0 spiro atoms. The van der Waals surface area contributed by atoms with Gasteiger partial charge in [-0.1, -0.05) is 0 Å². The third kappa shape index (κ3) is 5.55. The first kappa shape index (κ1) is 27.3. The normalized spacial score (nSPS) is 24.5. The first-order chi connectivity index (χ1) is 17.9. The number of nitrogens with one attached hydrogen (secondary N) is 2. The van der Waals surface area contributed by atoms with Gasteiger partial charge in [-0.05, 0) is 39.1 Å². The molecule has 2 aliphatic heterocycles. The molecule has 0 saturated carbocycles. The Bertz CT molecular complexity index is 1270. The van der Waals surface area contributed by atoms with E-state index in [1.54, 1.807) is 6.07 Å². The molecule has 9 nitrogen and oxygen atoms in total. The maximum atomic E-state index is 15.4. The molecule has 1 aromatic carbocycles. The number of nitriles is 1. The third-order valence-electron chi connectivity index (χ3n) is 7.24. The maximum absolute atomic E-state index is 15.4. The van der Waals surface area contributed by atoms with Gasteiger partial charge in [0.15, 0.2) is 0 Å². The molecular weight excluding hydrogens is 506 g/mol. The molecule has 2 fully saturated rings. The lowest BCUT2D eigenvalue weighted by Gasteiger charge is -2.44. The van der Waals surface area contributed by atoms with Gasteiger partial charge in [-0.25, -0.2) is 14.4 Å². The fraction of sp³-hybridized carbons (Fsp3) is 0.480. The number of aromatic nitrogens is 2. The van der Waals surface area contributed by atoms with E-state index in [1.165, 1.54) is 24.4 Å². The third-order valence-corrected chi connectivity index (χ3v) is 7.24. The Hall–Kier alpha value is -3.79. The van der Waals surface area contributed by atoms with E-state index in [2.05, 4.69) is 25.5 Å². The number of rotatable bonds is 4. The van der Waals surface area contributed by atoms with Crippen molar-refractivity contribution in [3.63, 3.8) is 0 Å². The number of carbonyl (C=O) groups excluding carboxylic acids is 2. The first-order valence-electron chi connectivity index (χ1n) is 12.1. The highest BCUT2D eigenvalue weighted by atomic mass is 19.4. The average Bonchev–Trinajstić information content (AvgIpc) is 2.87. The zero-order valence-corrected chi connectivity index (χ0v) is 21.0. The number of likely N-dealkylation sites (N-methyl/N-ethyl adjacent to an activating group) is 1. The molecular formula is C25H27F4N7O2. The van der Waals surface area contributed by atoms with Crippen LogP contribution in [0, 0.1) is 29.0 Å². The van der Waals surface area contributed by atoms with Crippen LogP contribution in [-0.2, 0) is 9.59 Å². The number of piperazine rings is 1. The molecule has 0 bridgehead atoms. The second-order valence-corrected chi connectivity index (χ2v) is 9.75. The average molecular weight is 534 g/mol. The highest BCUT2D eigenvalue weighted by Crippen LogP contribution is 2.39. The molecule has 1 aromatic heterocycles. The van der Waals surface area contributed by atoms with E-state index in [-0.39, 0.29) is 34.9 Å². The predicted octanol–water partition coefficient (Wildman–Crippen LogP) is 2.94. The highest BCUT2D eigenvalue weighted by molar-refractivity contribution is 5.98. The standard InChI is InChI=1S/C25H27F4N7O2/c1-13-11-36(12-14(2)35(13)3)21-8-18(26)15(19-4-5-31-22(9-30)33-19)6-20(21)34-24(38)16-10-32-23(37)7-17(16)25(27,28)29/h4-6,8,13-14,16-17H,7,10-12H2,1-3H3,(H,32,37)(H,34,38)/t13-,14+,16?,17?. The Kier molecular flexibility index (Phi) is 7.55. The minimum Gasteiger partial charge on any atom is -0.367 e. The summed E-state index contributed by atoms with van der Waals surface area (Å²) >= 11 is 0. The lowest BCUT2D eigenvalue weighted by molar-refractivity contribution is -0.197. The van der Waals surface area contributed by atoms with Gasteiger partial charge in [0.05, 0.1) is 28.9 Å². The number of nitrogens with zero attached hydrogens (tertiary/aromatic N) is 5. The minimum atomic E-state index is -4.76. The van der Waals surface area contributed by atoms with Gasteiger partial charge >= 0.3 is 6.18 Å². The fourth-order valence-electron chi connectivity index (χ4n) is 4.91. The van der Waals surface area contributed by atoms with Crippen LogP contribution in [0.4, 0.5) is 28.9 Å². The SMILES string of the molecule is C[C@@H]1CN(c2cc(F)c(-c3ccnc(C#N)n3)cc2NC(=O)C2CNC(=O)CC2C(F)(F)F)C[C@H](C)N1C. The molecule has 0 aliphatic carbocycles. The highest BCUT2D eigenvalue weighted by Gasteiger charge is 2.50. The van der Waals surface area contributed by atoms with Crippen molar-refractivity contribution in [1.29, 1.82) is 5.26 Å². The number of halogens is 4. The van der Waals surface area contributed by atoms with Crippen molar-refractivity contribution in [3.8, 4) is 17.3 Å². The zero-order chi connectivity index (χ0) is 27.8. The van der Waals surface area contributed by atoms with E-state index in [1.807, 2.05) is 25.8 Å². The quantitative estimate of drug-likeness (QED) is 0.581. The van der Waals surface area contributed by atoms with Gasteiger partial charge in [0.25, 0.3) is 0 Å². The molecule has 2 amide bonds. The Morgan fingerprint density at radius 1 is 1.24 bits per heavy atom. The van der Waals surface area contributed by atoms with Crippen LogP contribution in [-0.4, -0.2) is 71.6 Å². The largest absolute Gasteiger partial charge is 0.393 e.